The molecule has 0 saturated carbocycles. The minimum atomic E-state index is -4.44. The molecule has 1 aliphatic rings. The minimum absolute atomic E-state index is 0.00839. The van der Waals surface area contributed by atoms with Gasteiger partial charge in [-0.3, -0.25) is 9.59 Å². The maximum Gasteiger partial charge on any atom is 0.416 e. The molecule has 6 nitrogen and oxygen atoms in total. The average Bonchev–Trinajstić information content (AvgIpc) is 3.10. The van der Waals surface area contributed by atoms with Crippen molar-refractivity contribution in [3.05, 3.63) is 41.8 Å². The Kier molecular flexibility index (Phi) is 4.71. The predicted octanol–water partition coefficient (Wildman–Crippen LogP) is 3.30. The van der Waals surface area contributed by atoms with Crippen molar-refractivity contribution in [1.29, 1.82) is 0 Å². The van der Waals surface area contributed by atoms with E-state index in [4.69, 9.17) is 9.52 Å². The van der Waals surface area contributed by atoms with E-state index >= 15 is 0 Å². The van der Waals surface area contributed by atoms with Crippen molar-refractivity contribution in [3.8, 4) is 11.5 Å². The van der Waals surface area contributed by atoms with Gasteiger partial charge in [-0.1, -0.05) is 0 Å². The molecule has 3 rings (SSSR count). The summed E-state index contributed by atoms with van der Waals surface area (Å²) >= 11 is 0. The molecule has 1 atom stereocenters. The smallest absolute Gasteiger partial charge is 0.416 e. The van der Waals surface area contributed by atoms with Crippen LogP contribution in [0.5, 0.6) is 0 Å². The molecule has 1 aromatic carbocycles. The summed E-state index contributed by atoms with van der Waals surface area (Å²) in [5, 5.41) is 9.09. The summed E-state index contributed by atoms with van der Waals surface area (Å²) < 4.78 is 43.0. The molecule has 1 aliphatic heterocycles. The Labute approximate surface area is 146 Å². The van der Waals surface area contributed by atoms with Crippen molar-refractivity contribution < 1.29 is 32.3 Å². The van der Waals surface area contributed by atoms with Crippen molar-refractivity contribution in [2.75, 3.05) is 13.1 Å². The highest BCUT2D eigenvalue weighted by molar-refractivity contribution is 5.92. The normalized spacial score (nSPS) is 18.0. The van der Waals surface area contributed by atoms with Crippen LogP contribution in [0.1, 0.15) is 28.9 Å². The zero-order valence-corrected chi connectivity index (χ0v) is 13.5. The van der Waals surface area contributed by atoms with Gasteiger partial charge >= 0.3 is 12.1 Å². The second kappa shape index (κ2) is 6.81. The zero-order chi connectivity index (χ0) is 18.9. The van der Waals surface area contributed by atoms with Crippen LogP contribution in [0.4, 0.5) is 13.2 Å². The van der Waals surface area contributed by atoms with E-state index < -0.39 is 29.5 Å². The number of benzene rings is 1. The summed E-state index contributed by atoms with van der Waals surface area (Å²) in [4.78, 5) is 29.0. The molecular formula is C17H15F3N2O4. The monoisotopic (exact) mass is 368 g/mol. The number of piperidine rings is 1. The van der Waals surface area contributed by atoms with Gasteiger partial charge in [0.05, 0.1) is 11.5 Å². The molecule has 1 N–H and O–H groups in total. The van der Waals surface area contributed by atoms with Gasteiger partial charge < -0.3 is 14.4 Å². The second-order valence-corrected chi connectivity index (χ2v) is 6.04. The Morgan fingerprint density at radius 3 is 2.54 bits per heavy atom. The maximum atomic E-state index is 12.6. The van der Waals surface area contributed by atoms with Crippen LogP contribution in [0.15, 0.2) is 34.9 Å². The van der Waals surface area contributed by atoms with Crippen molar-refractivity contribution >= 4 is 11.9 Å². The Bertz CT molecular complexity index is 814. The number of hydrogen-bond donors (Lipinski definition) is 1. The van der Waals surface area contributed by atoms with E-state index in [9.17, 15) is 22.8 Å². The molecule has 9 heteroatoms. The number of carboxylic acids is 1. The number of alkyl halides is 3. The fourth-order valence-corrected chi connectivity index (χ4v) is 2.83. The number of hydrogen-bond acceptors (Lipinski definition) is 4. The van der Waals surface area contributed by atoms with Gasteiger partial charge in [0.1, 0.15) is 6.26 Å². The van der Waals surface area contributed by atoms with E-state index in [1.54, 1.807) is 0 Å². The van der Waals surface area contributed by atoms with Crippen LogP contribution < -0.4 is 0 Å². The molecule has 138 valence electrons. The largest absolute Gasteiger partial charge is 0.481 e. The van der Waals surface area contributed by atoms with E-state index in [1.807, 2.05) is 0 Å². The van der Waals surface area contributed by atoms with Gasteiger partial charge in [0, 0.05) is 18.7 Å². The highest BCUT2D eigenvalue weighted by atomic mass is 19.4. The van der Waals surface area contributed by atoms with Crippen molar-refractivity contribution in [2.45, 2.75) is 19.0 Å². The Balaban J connectivity index is 1.75. The fourth-order valence-electron chi connectivity index (χ4n) is 2.83. The molecule has 26 heavy (non-hydrogen) atoms. The minimum Gasteiger partial charge on any atom is -0.481 e. The van der Waals surface area contributed by atoms with Crippen molar-refractivity contribution in [3.63, 3.8) is 0 Å². The van der Waals surface area contributed by atoms with Gasteiger partial charge in [0.25, 0.3) is 5.91 Å². The lowest BCUT2D eigenvalue weighted by molar-refractivity contribution is -0.143. The van der Waals surface area contributed by atoms with E-state index in [0.717, 1.165) is 18.4 Å². The number of rotatable bonds is 3. The van der Waals surface area contributed by atoms with E-state index in [2.05, 4.69) is 4.98 Å². The molecule has 2 heterocycles. The molecule has 1 fully saturated rings. The summed E-state index contributed by atoms with van der Waals surface area (Å²) in [6, 6.07) is 4.24. The molecule has 2 aromatic rings. The van der Waals surface area contributed by atoms with Crippen molar-refractivity contribution in [1.82, 2.24) is 9.88 Å². The summed E-state index contributed by atoms with van der Waals surface area (Å²) in [5.74, 6) is -2.01. The summed E-state index contributed by atoms with van der Waals surface area (Å²) in [6.07, 6.45) is -2.23. The van der Waals surface area contributed by atoms with Crippen LogP contribution in [0, 0.1) is 5.92 Å². The first-order valence-electron chi connectivity index (χ1n) is 7.91. The second-order valence-electron chi connectivity index (χ2n) is 6.04. The standard InChI is InChI=1S/C17H15F3N2O4/c18-17(19,20)12-5-3-10(4-6-12)14-21-13(9-26-14)15(23)22-7-1-2-11(8-22)16(24)25/h3-6,9,11H,1-2,7-8H2,(H,24,25). The predicted molar refractivity (Wildman–Crippen MR) is 83.2 cm³/mol. The van der Waals surface area contributed by atoms with Gasteiger partial charge in [0.2, 0.25) is 5.89 Å². The van der Waals surface area contributed by atoms with Gasteiger partial charge in [0.15, 0.2) is 5.69 Å². The number of nitrogens with zero attached hydrogens (tertiary/aromatic N) is 2. The van der Waals surface area contributed by atoms with Crippen LogP contribution in [0.3, 0.4) is 0 Å². The number of carbonyl (C=O) groups is 2. The lowest BCUT2D eigenvalue weighted by Gasteiger charge is -2.29. The number of halogens is 3. The first-order valence-corrected chi connectivity index (χ1v) is 7.91. The molecule has 0 aliphatic carbocycles. The highest BCUT2D eigenvalue weighted by Gasteiger charge is 2.31. The molecule has 0 bridgehead atoms. The first-order chi connectivity index (χ1) is 12.3. The topological polar surface area (TPSA) is 83.6 Å². The van der Waals surface area contributed by atoms with Gasteiger partial charge in [-0.05, 0) is 37.1 Å². The lowest BCUT2D eigenvalue weighted by Crippen LogP contribution is -2.42. The van der Waals surface area contributed by atoms with Crippen LogP contribution in [0.2, 0.25) is 0 Å². The molecule has 0 spiro atoms. The Morgan fingerprint density at radius 1 is 1.23 bits per heavy atom. The summed E-state index contributed by atoms with van der Waals surface area (Å²) in [5.41, 5.74) is -0.498. The molecule has 1 saturated heterocycles. The van der Waals surface area contributed by atoms with Gasteiger partial charge in [-0.15, -0.1) is 0 Å². The van der Waals surface area contributed by atoms with Crippen LogP contribution in [0.25, 0.3) is 11.5 Å². The van der Waals surface area contributed by atoms with Crippen LogP contribution in [-0.4, -0.2) is 40.0 Å². The van der Waals surface area contributed by atoms with E-state index in [-0.39, 0.29) is 18.1 Å². The third kappa shape index (κ3) is 3.71. The third-order valence-corrected chi connectivity index (χ3v) is 4.24. The van der Waals surface area contributed by atoms with Crippen molar-refractivity contribution in [2.24, 2.45) is 5.92 Å². The quantitative estimate of drug-likeness (QED) is 0.899. The molecule has 1 unspecified atom stereocenters. The number of oxazole rings is 1. The third-order valence-electron chi connectivity index (χ3n) is 4.24. The first kappa shape index (κ1) is 18.0. The van der Waals surface area contributed by atoms with Gasteiger partial charge in [-0.2, -0.15) is 13.2 Å². The SMILES string of the molecule is O=C(O)C1CCCN(C(=O)c2coc(-c3ccc(C(F)(F)F)cc3)n2)C1. The summed E-state index contributed by atoms with van der Waals surface area (Å²) in [6.45, 7) is 0.516. The number of aliphatic carboxylic acids is 1. The lowest BCUT2D eigenvalue weighted by atomic mass is 9.98. The molecule has 0 radical (unpaired) electrons. The molecule has 1 aromatic heterocycles. The van der Waals surface area contributed by atoms with Crippen LogP contribution in [-0.2, 0) is 11.0 Å². The number of aromatic nitrogens is 1. The Hall–Kier alpha value is -2.84. The number of carbonyl (C=O) groups excluding carboxylic acids is 1. The van der Waals surface area contributed by atoms with Crippen LogP contribution >= 0.6 is 0 Å². The molecule has 1 amide bonds. The number of likely N-dealkylation sites (tertiary alicyclic amines) is 1. The summed E-state index contributed by atoms with van der Waals surface area (Å²) in [7, 11) is 0. The fraction of sp³-hybridized carbons (Fsp3) is 0.353. The maximum absolute atomic E-state index is 12.6. The average molecular weight is 368 g/mol. The zero-order valence-electron chi connectivity index (χ0n) is 13.5. The number of amides is 1. The highest BCUT2D eigenvalue weighted by Crippen LogP contribution is 2.31. The van der Waals surface area contributed by atoms with Gasteiger partial charge in [-0.25, -0.2) is 4.98 Å². The molecular weight excluding hydrogens is 353 g/mol. The van der Waals surface area contributed by atoms with E-state index in [0.29, 0.717) is 24.9 Å². The van der Waals surface area contributed by atoms with E-state index in [1.165, 1.54) is 17.0 Å². The number of carboxylic acid groups (broad SMARTS) is 1. The Morgan fingerprint density at radius 2 is 1.92 bits per heavy atom.